The summed E-state index contributed by atoms with van der Waals surface area (Å²) >= 11 is 0. The molecule has 6 heteroatoms. The minimum absolute atomic E-state index is 0.0395. The van der Waals surface area contributed by atoms with Crippen LogP contribution in [0.4, 0.5) is 8.78 Å². The van der Waals surface area contributed by atoms with Crippen LogP contribution >= 0.6 is 0 Å². The summed E-state index contributed by atoms with van der Waals surface area (Å²) in [4.78, 5) is 15.9. The van der Waals surface area contributed by atoms with Crippen molar-refractivity contribution in [1.82, 2.24) is 9.80 Å². The third-order valence-corrected chi connectivity index (χ3v) is 3.76. The van der Waals surface area contributed by atoms with E-state index in [1.165, 1.54) is 0 Å². The average Bonchev–Trinajstić information content (AvgIpc) is 2.49. The van der Waals surface area contributed by atoms with Crippen molar-refractivity contribution in [3.8, 4) is 0 Å². The molecule has 2 rings (SSSR count). The number of piperazine rings is 1. The Balaban J connectivity index is 1.81. The Morgan fingerprint density at radius 3 is 2.57 bits per heavy atom. The van der Waals surface area contributed by atoms with Crippen LogP contribution in [-0.4, -0.2) is 60.1 Å². The molecule has 0 radical (unpaired) electrons. The Labute approximate surface area is 123 Å². The highest BCUT2D eigenvalue weighted by molar-refractivity contribution is 5.76. The lowest BCUT2D eigenvalue weighted by molar-refractivity contribution is -0.132. The molecule has 0 spiro atoms. The first kappa shape index (κ1) is 15.9. The van der Waals surface area contributed by atoms with Gasteiger partial charge in [-0.25, -0.2) is 8.78 Å². The van der Waals surface area contributed by atoms with Gasteiger partial charge >= 0.3 is 0 Å². The molecule has 1 aliphatic rings. The predicted octanol–water partition coefficient (Wildman–Crippen LogP) is 1.03. The Hall–Kier alpha value is -1.53. The molecule has 0 aromatic heterocycles. The maximum atomic E-state index is 13.5. The zero-order valence-corrected chi connectivity index (χ0v) is 11.9. The van der Waals surface area contributed by atoms with E-state index in [-0.39, 0.29) is 30.9 Å². The van der Waals surface area contributed by atoms with E-state index in [1.807, 2.05) is 0 Å². The second-order valence-corrected chi connectivity index (χ2v) is 5.18. The van der Waals surface area contributed by atoms with Crippen LogP contribution in [0.15, 0.2) is 18.2 Å². The first-order chi connectivity index (χ1) is 10.1. The van der Waals surface area contributed by atoms with Crippen molar-refractivity contribution in [3.63, 3.8) is 0 Å². The number of amides is 1. The van der Waals surface area contributed by atoms with Gasteiger partial charge in [-0.2, -0.15) is 0 Å². The largest absolute Gasteiger partial charge is 0.395 e. The van der Waals surface area contributed by atoms with Crippen molar-refractivity contribution >= 4 is 5.91 Å². The van der Waals surface area contributed by atoms with Crippen molar-refractivity contribution < 1.29 is 18.7 Å². The number of aryl methyl sites for hydroxylation is 1. The molecule has 1 heterocycles. The molecule has 4 nitrogen and oxygen atoms in total. The Morgan fingerprint density at radius 2 is 1.90 bits per heavy atom. The molecule has 1 aromatic rings. The first-order valence-corrected chi connectivity index (χ1v) is 7.15. The minimum Gasteiger partial charge on any atom is -0.395 e. The molecular weight excluding hydrogens is 278 g/mol. The summed E-state index contributed by atoms with van der Waals surface area (Å²) in [6.45, 7) is 3.44. The predicted molar refractivity (Wildman–Crippen MR) is 74.8 cm³/mol. The standard InChI is InChI=1S/C15H20F2N2O2/c16-13-2-3-14(17)12(11-13)1-4-15(21)19-7-5-18(6-8-19)9-10-20/h2-3,11,20H,1,4-10H2. The highest BCUT2D eigenvalue weighted by Crippen LogP contribution is 2.13. The van der Waals surface area contributed by atoms with Crippen LogP contribution in [0.3, 0.4) is 0 Å². The van der Waals surface area contributed by atoms with E-state index < -0.39 is 11.6 Å². The van der Waals surface area contributed by atoms with E-state index in [1.54, 1.807) is 4.90 Å². The van der Waals surface area contributed by atoms with Gasteiger partial charge in [-0.3, -0.25) is 9.69 Å². The Kier molecular flexibility index (Phi) is 5.64. The quantitative estimate of drug-likeness (QED) is 0.883. The van der Waals surface area contributed by atoms with Gasteiger partial charge in [0.15, 0.2) is 0 Å². The van der Waals surface area contributed by atoms with Gasteiger partial charge in [-0.1, -0.05) is 0 Å². The van der Waals surface area contributed by atoms with Gasteiger partial charge in [0.2, 0.25) is 5.91 Å². The van der Waals surface area contributed by atoms with Crippen molar-refractivity contribution in [3.05, 3.63) is 35.4 Å². The lowest BCUT2D eigenvalue weighted by atomic mass is 10.1. The highest BCUT2D eigenvalue weighted by Gasteiger charge is 2.20. The molecule has 1 saturated heterocycles. The maximum Gasteiger partial charge on any atom is 0.222 e. The van der Waals surface area contributed by atoms with Gasteiger partial charge in [0.25, 0.3) is 0 Å². The minimum atomic E-state index is -0.489. The van der Waals surface area contributed by atoms with Crippen LogP contribution < -0.4 is 0 Å². The number of halogens is 2. The first-order valence-electron chi connectivity index (χ1n) is 7.15. The maximum absolute atomic E-state index is 13.5. The summed E-state index contributed by atoms with van der Waals surface area (Å²) in [5.41, 5.74) is 0.238. The molecule has 1 aromatic carbocycles. The number of aliphatic hydroxyl groups excluding tert-OH is 1. The molecule has 1 N–H and O–H groups in total. The van der Waals surface area contributed by atoms with Crippen LogP contribution in [0.5, 0.6) is 0 Å². The number of rotatable bonds is 5. The number of carbonyl (C=O) groups excluding carboxylic acids is 1. The molecule has 0 aliphatic carbocycles. The normalized spacial score (nSPS) is 16.2. The zero-order chi connectivity index (χ0) is 15.2. The topological polar surface area (TPSA) is 43.8 Å². The van der Waals surface area contributed by atoms with Gasteiger partial charge < -0.3 is 10.0 Å². The van der Waals surface area contributed by atoms with E-state index in [9.17, 15) is 13.6 Å². The summed E-state index contributed by atoms with van der Waals surface area (Å²) in [5, 5.41) is 8.86. The fourth-order valence-electron chi connectivity index (χ4n) is 2.50. The van der Waals surface area contributed by atoms with E-state index in [2.05, 4.69) is 4.90 Å². The summed E-state index contributed by atoms with van der Waals surface area (Å²) in [6.07, 6.45) is 0.389. The molecule has 21 heavy (non-hydrogen) atoms. The summed E-state index contributed by atoms with van der Waals surface area (Å²) in [5.74, 6) is -1.00. The van der Waals surface area contributed by atoms with Gasteiger partial charge in [-0.05, 0) is 30.2 Å². The summed E-state index contributed by atoms with van der Waals surface area (Å²) in [7, 11) is 0. The SMILES string of the molecule is O=C(CCc1cc(F)ccc1F)N1CCN(CCO)CC1. The van der Waals surface area contributed by atoms with Crippen LogP contribution in [0, 0.1) is 11.6 Å². The van der Waals surface area contributed by atoms with E-state index in [0.717, 1.165) is 31.3 Å². The molecule has 1 aliphatic heterocycles. The second kappa shape index (κ2) is 7.47. The monoisotopic (exact) mass is 298 g/mol. The smallest absolute Gasteiger partial charge is 0.222 e. The van der Waals surface area contributed by atoms with Crippen molar-refractivity contribution in [2.45, 2.75) is 12.8 Å². The number of carbonyl (C=O) groups is 1. The number of nitrogens with zero attached hydrogens (tertiary/aromatic N) is 2. The van der Waals surface area contributed by atoms with E-state index in [4.69, 9.17) is 5.11 Å². The van der Waals surface area contributed by atoms with Crippen LogP contribution in [0.25, 0.3) is 0 Å². The molecule has 116 valence electrons. The zero-order valence-electron chi connectivity index (χ0n) is 11.9. The third-order valence-electron chi connectivity index (χ3n) is 3.76. The lowest BCUT2D eigenvalue weighted by Crippen LogP contribution is -2.49. The second-order valence-electron chi connectivity index (χ2n) is 5.18. The molecule has 1 fully saturated rings. The summed E-state index contributed by atoms with van der Waals surface area (Å²) < 4.78 is 26.5. The van der Waals surface area contributed by atoms with Crippen LogP contribution in [-0.2, 0) is 11.2 Å². The molecule has 0 atom stereocenters. The van der Waals surface area contributed by atoms with Crippen LogP contribution in [0.2, 0.25) is 0 Å². The van der Waals surface area contributed by atoms with E-state index in [0.29, 0.717) is 19.6 Å². The fourth-order valence-corrected chi connectivity index (χ4v) is 2.50. The molecule has 0 saturated carbocycles. The number of hydrogen-bond donors (Lipinski definition) is 1. The highest BCUT2D eigenvalue weighted by atomic mass is 19.1. The number of aliphatic hydroxyl groups is 1. The van der Waals surface area contributed by atoms with Crippen molar-refractivity contribution in [2.75, 3.05) is 39.3 Å². The van der Waals surface area contributed by atoms with Crippen LogP contribution in [0.1, 0.15) is 12.0 Å². The third kappa shape index (κ3) is 4.47. The van der Waals surface area contributed by atoms with Crippen molar-refractivity contribution in [2.24, 2.45) is 0 Å². The average molecular weight is 298 g/mol. The van der Waals surface area contributed by atoms with Gasteiger partial charge in [0.1, 0.15) is 11.6 Å². The fraction of sp³-hybridized carbons (Fsp3) is 0.533. The molecule has 1 amide bonds. The molecule has 0 unspecified atom stereocenters. The summed E-state index contributed by atoms with van der Waals surface area (Å²) in [6, 6.07) is 3.30. The lowest BCUT2D eigenvalue weighted by Gasteiger charge is -2.34. The van der Waals surface area contributed by atoms with Gasteiger partial charge in [-0.15, -0.1) is 0 Å². The van der Waals surface area contributed by atoms with Gasteiger partial charge in [0, 0.05) is 39.1 Å². The van der Waals surface area contributed by atoms with Gasteiger partial charge in [0.05, 0.1) is 6.61 Å². The van der Waals surface area contributed by atoms with E-state index >= 15 is 0 Å². The molecular formula is C15H20F2N2O2. The Bertz CT molecular complexity index is 489. The Morgan fingerprint density at radius 1 is 1.19 bits per heavy atom. The van der Waals surface area contributed by atoms with Crippen molar-refractivity contribution in [1.29, 1.82) is 0 Å². The number of benzene rings is 1. The number of hydrogen-bond acceptors (Lipinski definition) is 3. The molecule has 0 bridgehead atoms. The number of β-amino-alcohol motifs (C(OH)–C–C–N with tert-alkyl or cyclic N) is 1.